The first kappa shape index (κ1) is 18.8. The minimum atomic E-state index is -0.325. The van der Waals surface area contributed by atoms with Crippen LogP contribution in [0.2, 0.25) is 0 Å². The summed E-state index contributed by atoms with van der Waals surface area (Å²) in [6.07, 6.45) is 2.66. The smallest absolute Gasteiger partial charge is 0.319 e. The number of fused-ring (bicyclic) bond motifs is 1. The Morgan fingerprint density at radius 1 is 1.22 bits per heavy atom. The van der Waals surface area contributed by atoms with Gasteiger partial charge in [0.05, 0.1) is 53.0 Å². The zero-order chi connectivity index (χ0) is 19.2. The van der Waals surface area contributed by atoms with Crippen LogP contribution >= 0.6 is 0 Å². The van der Waals surface area contributed by atoms with Gasteiger partial charge in [0.25, 0.3) is 0 Å². The molecular weight excluding hydrogens is 352 g/mol. The first-order valence-electron chi connectivity index (χ1n) is 8.62. The summed E-state index contributed by atoms with van der Waals surface area (Å²) in [5, 5.41) is 9.96. The molecule has 2 heterocycles. The van der Waals surface area contributed by atoms with Crippen LogP contribution in [0.5, 0.6) is 17.2 Å². The number of anilines is 1. The van der Waals surface area contributed by atoms with E-state index in [-0.39, 0.29) is 6.03 Å². The van der Waals surface area contributed by atoms with Crippen molar-refractivity contribution in [2.75, 3.05) is 39.8 Å². The van der Waals surface area contributed by atoms with Crippen molar-refractivity contribution in [2.45, 2.75) is 19.6 Å². The van der Waals surface area contributed by atoms with E-state index < -0.39 is 0 Å². The maximum Gasteiger partial charge on any atom is 0.319 e. The molecule has 146 valence electrons. The first-order chi connectivity index (χ1) is 13.2. The van der Waals surface area contributed by atoms with Gasteiger partial charge in [-0.3, -0.25) is 4.68 Å². The van der Waals surface area contributed by atoms with Crippen LogP contribution in [0.1, 0.15) is 11.3 Å². The molecule has 1 aromatic heterocycles. The number of carbonyl (C=O) groups is 1. The number of nitrogens with zero attached hydrogens (tertiary/aromatic N) is 2. The Bertz CT molecular complexity index is 780. The molecule has 27 heavy (non-hydrogen) atoms. The number of carbonyl (C=O) groups excluding carboxylic acids is 1. The lowest BCUT2D eigenvalue weighted by Crippen LogP contribution is -2.32. The van der Waals surface area contributed by atoms with Crippen LogP contribution in [0.15, 0.2) is 18.3 Å². The fourth-order valence-electron chi connectivity index (χ4n) is 3.01. The molecule has 0 radical (unpaired) electrons. The molecule has 0 saturated carbocycles. The number of urea groups is 1. The van der Waals surface area contributed by atoms with Gasteiger partial charge < -0.3 is 29.6 Å². The lowest BCUT2D eigenvalue weighted by Gasteiger charge is -2.16. The third-order valence-corrected chi connectivity index (χ3v) is 4.31. The number of nitrogens with one attached hydrogen (secondary N) is 2. The summed E-state index contributed by atoms with van der Waals surface area (Å²) in [5.74, 6) is 1.41. The number of methoxy groups -OCH3 is 3. The van der Waals surface area contributed by atoms with Crippen molar-refractivity contribution in [1.82, 2.24) is 15.1 Å². The number of benzene rings is 1. The summed E-state index contributed by atoms with van der Waals surface area (Å²) >= 11 is 0. The SMILES string of the molecule is COc1cc(NC(=O)NCCn2ncc3c2CCOC3)cc(OC)c1OC. The van der Waals surface area contributed by atoms with Gasteiger partial charge in [-0.15, -0.1) is 0 Å². The number of hydrogen-bond donors (Lipinski definition) is 2. The van der Waals surface area contributed by atoms with Crippen LogP contribution in [0.3, 0.4) is 0 Å². The average Bonchev–Trinajstić information content (AvgIpc) is 3.10. The van der Waals surface area contributed by atoms with Gasteiger partial charge in [0.1, 0.15) is 0 Å². The number of aromatic nitrogens is 2. The summed E-state index contributed by atoms with van der Waals surface area (Å²) in [4.78, 5) is 12.2. The Hall–Kier alpha value is -2.94. The lowest BCUT2D eigenvalue weighted by molar-refractivity contribution is 0.109. The molecule has 0 aliphatic carbocycles. The highest BCUT2D eigenvalue weighted by Crippen LogP contribution is 2.39. The fourth-order valence-corrected chi connectivity index (χ4v) is 3.01. The topological polar surface area (TPSA) is 95.9 Å². The van der Waals surface area contributed by atoms with Gasteiger partial charge in [-0.05, 0) is 0 Å². The van der Waals surface area contributed by atoms with Gasteiger partial charge in [-0.2, -0.15) is 5.10 Å². The number of hydrogen-bond acceptors (Lipinski definition) is 6. The van der Waals surface area contributed by atoms with E-state index in [4.69, 9.17) is 18.9 Å². The molecule has 1 aliphatic heterocycles. The van der Waals surface area contributed by atoms with Gasteiger partial charge in [-0.1, -0.05) is 0 Å². The summed E-state index contributed by atoms with van der Waals surface area (Å²) in [6.45, 7) is 2.35. The standard InChI is InChI=1S/C18H24N4O5/c1-24-15-8-13(9-16(25-2)17(15)26-3)21-18(23)19-5-6-22-14-4-7-27-11-12(14)10-20-22/h8-10H,4-7,11H2,1-3H3,(H2,19,21,23). The molecule has 0 unspecified atom stereocenters. The van der Waals surface area contributed by atoms with E-state index in [2.05, 4.69) is 15.7 Å². The Morgan fingerprint density at radius 3 is 2.63 bits per heavy atom. The second-order valence-corrected chi connectivity index (χ2v) is 5.94. The van der Waals surface area contributed by atoms with E-state index in [0.29, 0.717) is 49.2 Å². The van der Waals surface area contributed by atoms with E-state index in [1.807, 2.05) is 10.9 Å². The number of rotatable bonds is 7. The number of ether oxygens (including phenoxy) is 4. The van der Waals surface area contributed by atoms with E-state index in [1.54, 1.807) is 12.1 Å². The van der Waals surface area contributed by atoms with Crippen molar-refractivity contribution < 1.29 is 23.7 Å². The highest BCUT2D eigenvalue weighted by Gasteiger charge is 2.16. The second-order valence-electron chi connectivity index (χ2n) is 5.94. The maximum atomic E-state index is 12.2. The molecule has 1 aromatic carbocycles. The molecule has 0 spiro atoms. The maximum absolute atomic E-state index is 12.2. The molecule has 0 fully saturated rings. The molecule has 9 heteroatoms. The Labute approximate surface area is 157 Å². The van der Waals surface area contributed by atoms with E-state index in [9.17, 15) is 4.79 Å². The highest BCUT2D eigenvalue weighted by molar-refractivity contribution is 5.90. The molecule has 0 saturated heterocycles. The molecular formula is C18H24N4O5. The van der Waals surface area contributed by atoms with Crippen LogP contribution in [-0.2, 0) is 24.3 Å². The third kappa shape index (κ3) is 4.25. The van der Waals surface area contributed by atoms with Crippen molar-refractivity contribution in [3.05, 3.63) is 29.6 Å². The normalized spacial score (nSPS) is 12.9. The van der Waals surface area contributed by atoms with E-state index in [0.717, 1.165) is 12.0 Å². The van der Waals surface area contributed by atoms with E-state index in [1.165, 1.54) is 27.0 Å². The van der Waals surface area contributed by atoms with Gasteiger partial charge in [0.15, 0.2) is 11.5 Å². The van der Waals surface area contributed by atoms with E-state index >= 15 is 0 Å². The summed E-state index contributed by atoms with van der Waals surface area (Å²) in [7, 11) is 4.58. The van der Waals surface area contributed by atoms with Crippen molar-refractivity contribution in [3.63, 3.8) is 0 Å². The quantitative estimate of drug-likeness (QED) is 0.765. The minimum Gasteiger partial charge on any atom is -0.493 e. The molecule has 0 bridgehead atoms. The Morgan fingerprint density at radius 2 is 1.96 bits per heavy atom. The average molecular weight is 376 g/mol. The molecule has 3 rings (SSSR count). The van der Waals surface area contributed by atoms with Crippen molar-refractivity contribution in [2.24, 2.45) is 0 Å². The summed E-state index contributed by atoms with van der Waals surface area (Å²) < 4.78 is 23.2. The van der Waals surface area contributed by atoms with Gasteiger partial charge >= 0.3 is 6.03 Å². The molecule has 2 aromatic rings. The van der Waals surface area contributed by atoms with Crippen LogP contribution in [0.25, 0.3) is 0 Å². The number of amides is 2. The first-order valence-corrected chi connectivity index (χ1v) is 8.62. The van der Waals surface area contributed by atoms with Crippen molar-refractivity contribution >= 4 is 11.7 Å². The van der Waals surface area contributed by atoms with Gasteiger partial charge in [-0.25, -0.2) is 4.79 Å². The zero-order valence-electron chi connectivity index (χ0n) is 15.7. The zero-order valence-corrected chi connectivity index (χ0v) is 15.7. The van der Waals surface area contributed by atoms with Crippen molar-refractivity contribution in [1.29, 1.82) is 0 Å². The van der Waals surface area contributed by atoms with Crippen LogP contribution < -0.4 is 24.8 Å². The van der Waals surface area contributed by atoms with Crippen LogP contribution in [0, 0.1) is 0 Å². The third-order valence-electron chi connectivity index (χ3n) is 4.31. The Balaban J connectivity index is 1.57. The van der Waals surface area contributed by atoms with Gasteiger partial charge in [0.2, 0.25) is 5.75 Å². The largest absolute Gasteiger partial charge is 0.493 e. The second kappa shape index (κ2) is 8.63. The van der Waals surface area contributed by atoms with Crippen LogP contribution in [-0.4, -0.2) is 50.3 Å². The molecule has 2 amide bonds. The fraction of sp³-hybridized carbons (Fsp3) is 0.444. The van der Waals surface area contributed by atoms with Crippen LogP contribution in [0.4, 0.5) is 10.5 Å². The molecule has 0 atom stereocenters. The lowest BCUT2D eigenvalue weighted by atomic mass is 10.2. The monoisotopic (exact) mass is 376 g/mol. The molecule has 2 N–H and O–H groups in total. The summed E-state index contributed by atoms with van der Waals surface area (Å²) in [6, 6.07) is 3.02. The molecule has 1 aliphatic rings. The highest BCUT2D eigenvalue weighted by atomic mass is 16.5. The minimum absolute atomic E-state index is 0.325. The van der Waals surface area contributed by atoms with Gasteiger partial charge in [0, 0.05) is 36.4 Å². The predicted molar refractivity (Wildman–Crippen MR) is 98.7 cm³/mol. The summed E-state index contributed by atoms with van der Waals surface area (Å²) in [5.41, 5.74) is 2.83. The Kier molecular flexibility index (Phi) is 6.02. The predicted octanol–water partition coefficient (Wildman–Crippen LogP) is 1.80. The molecule has 9 nitrogen and oxygen atoms in total. The van der Waals surface area contributed by atoms with Crippen molar-refractivity contribution in [3.8, 4) is 17.2 Å².